The summed E-state index contributed by atoms with van der Waals surface area (Å²) in [6.45, 7) is 4.61. The third kappa shape index (κ3) is 7.04. The first-order valence-electron chi connectivity index (χ1n) is 14.1. The Labute approximate surface area is 250 Å². The molecule has 2 aromatic carbocycles. The van der Waals surface area contributed by atoms with Crippen molar-refractivity contribution >= 4 is 42.8 Å². The van der Waals surface area contributed by atoms with Gasteiger partial charge in [0.05, 0.1) is 46.4 Å². The third-order valence-corrected chi connectivity index (χ3v) is 10.3. The van der Waals surface area contributed by atoms with Gasteiger partial charge in [-0.05, 0) is 42.5 Å². The van der Waals surface area contributed by atoms with Crippen LogP contribution in [0, 0.1) is 11.8 Å². The molecule has 3 aromatic rings. The highest BCUT2D eigenvalue weighted by Gasteiger charge is 2.44. The molecule has 1 amide bonds. The minimum atomic E-state index is -3.99. The highest BCUT2D eigenvalue weighted by molar-refractivity contribution is 7.89. The van der Waals surface area contributed by atoms with Gasteiger partial charge < -0.3 is 30.0 Å². The Kier molecular flexibility index (Phi) is 9.65. The number of carbonyl (C=O) groups excluding carboxylic acids is 1. The van der Waals surface area contributed by atoms with E-state index in [0.717, 1.165) is 16.7 Å². The molecule has 3 heterocycles. The zero-order valence-corrected chi connectivity index (χ0v) is 25.6. The number of hydrogen-bond donors (Lipinski definition) is 3. The van der Waals surface area contributed by atoms with Gasteiger partial charge in [0.1, 0.15) is 6.10 Å². The molecule has 1 aromatic heterocycles. The second kappa shape index (κ2) is 13.2. The van der Waals surface area contributed by atoms with E-state index in [1.807, 2.05) is 44.2 Å². The number of nitrogens with zero attached hydrogens (tertiary/aromatic N) is 2. The van der Waals surface area contributed by atoms with Gasteiger partial charge >= 0.3 is 6.09 Å². The quantitative estimate of drug-likeness (QED) is 0.279. The maximum absolute atomic E-state index is 13.9. The van der Waals surface area contributed by atoms with Gasteiger partial charge in [-0.3, -0.25) is 0 Å². The van der Waals surface area contributed by atoms with E-state index >= 15 is 0 Å². The highest BCUT2D eigenvalue weighted by atomic mass is 32.2. The number of sulfonamides is 1. The minimum absolute atomic E-state index is 0.00977. The number of ether oxygens (including phenoxy) is 3. The number of aliphatic hydroxyl groups is 1. The molecule has 2 aliphatic rings. The molecule has 0 spiro atoms. The van der Waals surface area contributed by atoms with E-state index in [0.29, 0.717) is 17.3 Å². The molecule has 0 radical (unpaired) electrons. The van der Waals surface area contributed by atoms with Crippen LogP contribution in [0.2, 0.25) is 0 Å². The number of alkyl carbamates (subject to hydrolysis) is 1. The Bertz CT molecular complexity index is 1470. The van der Waals surface area contributed by atoms with Gasteiger partial charge in [-0.1, -0.05) is 55.5 Å². The Balaban J connectivity index is 1.35. The van der Waals surface area contributed by atoms with Gasteiger partial charge in [0.2, 0.25) is 10.0 Å². The van der Waals surface area contributed by atoms with Crippen molar-refractivity contribution in [3.05, 3.63) is 54.1 Å². The van der Waals surface area contributed by atoms with Gasteiger partial charge in [0.15, 0.2) is 11.4 Å². The molecule has 3 N–H and O–H groups in total. The summed E-state index contributed by atoms with van der Waals surface area (Å²) in [5, 5.41) is 18.0. The van der Waals surface area contributed by atoms with E-state index in [2.05, 4.69) is 15.6 Å². The number of hydrogen-bond acceptors (Lipinski definition) is 10. The summed E-state index contributed by atoms with van der Waals surface area (Å²) in [6.07, 6.45) is -1.71. The summed E-state index contributed by atoms with van der Waals surface area (Å²) >= 11 is 1.37. The molecule has 228 valence electrons. The summed E-state index contributed by atoms with van der Waals surface area (Å²) in [7, 11) is -2.22. The first kappa shape index (κ1) is 30.6. The summed E-state index contributed by atoms with van der Waals surface area (Å²) in [5.41, 5.74) is 1.58. The number of benzene rings is 2. The second-order valence-corrected chi connectivity index (χ2v) is 14.1. The predicted molar refractivity (Wildman–Crippen MR) is 160 cm³/mol. The van der Waals surface area contributed by atoms with E-state index in [-0.39, 0.29) is 49.1 Å². The van der Waals surface area contributed by atoms with E-state index in [4.69, 9.17) is 14.2 Å². The van der Waals surface area contributed by atoms with Crippen molar-refractivity contribution in [3.63, 3.8) is 0 Å². The maximum Gasteiger partial charge on any atom is 0.407 e. The molecular formula is C29H38N4O7S2. The largest absolute Gasteiger partial charge is 0.443 e. The van der Waals surface area contributed by atoms with Crippen molar-refractivity contribution in [2.45, 2.75) is 56.1 Å². The van der Waals surface area contributed by atoms with Crippen LogP contribution in [0.3, 0.4) is 0 Å². The van der Waals surface area contributed by atoms with Crippen molar-refractivity contribution in [2.75, 3.05) is 38.7 Å². The number of aliphatic hydroxyl groups excluding tert-OH is 1. The SMILES string of the molecule is CNc1nc2ccc(S(=O)(=O)N(CC(C)C)C[C@@H](O)[C@H](Cc3ccccc3)NC(=O)O[C@H]3CO[C@H]4OCC[C@H]43)cc2s1. The molecule has 2 fully saturated rings. The fourth-order valence-corrected chi connectivity index (χ4v) is 7.94. The molecule has 5 rings (SSSR count). The Morgan fingerprint density at radius 2 is 1.98 bits per heavy atom. The summed E-state index contributed by atoms with van der Waals surface area (Å²) in [4.78, 5) is 17.6. The summed E-state index contributed by atoms with van der Waals surface area (Å²) in [6, 6.07) is 13.4. The van der Waals surface area contributed by atoms with Crippen molar-refractivity contribution < 1.29 is 32.5 Å². The normalized spacial score (nSPS) is 21.9. The molecule has 0 saturated carbocycles. The van der Waals surface area contributed by atoms with E-state index in [1.165, 1.54) is 21.7 Å². The fraction of sp³-hybridized carbons (Fsp3) is 0.517. The van der Waals surface area contributed by atoms with Gasteiger partial charge in [0, 0.05) is 20.1 Å². The number of aromatic nitrogens is 1. The molecule has 0 unspecified atom stereocenters. The van der Waals surface area contributed by atoms with Crippen molar-refractivity contribution in [2.24, 2.45) is 11.8 Å². The highest BCUT2D eigenvalue weighted by Crippen LogP contribution is 2.33. The van der Waals surface area contributed by atoms with Crippen LogP contribution in [-0.4, -0.2) is 86.8 Å². The number of nitrogens with one attached hydrogen (secondary N) is 2. The van der Waals surface area contributed by atoms with Gasteiger partial charge in [-0.25, -0.2) is 18.2 Å². The lowest BCUT2D eigenvalue weighted by Gasteiger charge is -2.31. The van der Waals surface area contributed by atoms with Crippen LogP contribution in [-0.2, 0) is 30.7 Å². The molecule has 11 nitrogen and oxygen atoms in total. The smallest absolute Gasteiger partial charge is 0.407 e. The van der Waals surface area contributed by atoms with Gasteiger partial charge in [-0.2, -0.15) is 4.31 Å². The van der Waals surface area contributed by atoms with Crippen LogP contribution >= 0.6 is 11.3 Å². The molecule has 5 atom stereocenters. The molecule has 2 saturated heterocycles. The molecule has 13 heteroatoms. The maximum atomic E-state index is 13.9. The van der Waals surface area contributed by atoms with E-state index < -0.39 is 34.4 Å². The number of amides is 1. The van der Waals surface area contributed by atoms with Crippen LogP contribution in [0.4, 0.5) is 9.93 Å². The lowest BCUT2D eigenvalue weighted by atomic mass is 10.0. The topological polar surface area (TPSA) is 139 Å². The average molecular weight is 619 g/mol. The Morgan fingerprint density at radius 3 is 2.71 bits per heavy atom. The first-order valence-corrected chi connectivity index (χ1v) is 16.4. The zero-order chi connectivity index (χ0) is 29.9. The number of carbonyl (C=O) groups is 1. The molecule has 42 heavy (non-hydrogen) atoms. The molecule has 0 aliphatic carbocycles. The van der Waals surface area contributed by atoms with Crippen molar-refractivity contribution in [3.8, 4) is 0 Å². The second-order valence-electron chi connectivity index (χ2n) is 11.1. The van der Waals surface area contributed by atoms with Crippen LogP contribution < -0.4 is 10.6 Å². The van der Waals surface area contributed by atoms with Crippen LogP contribution in [0.25, 0.3) is 10.2 Å². The number of thiazole rings is 1. The van der Waals surface area contributed by atoms with Crippen molar-refractivity contribution in [1.82, 2.24) is 14.6 Å². The summed E-state index contributed by atoms with van der Waals surface area (Å²) < 4.78 is 46.6. The number of anilines is 1. The summed E-state index contributed by atoms with van der Waals surface area (Å²) in [5.74, 6) is -0.0376. The van der Waals surface area contributed by atoms with Crippen LogP contribution in [0.5, 0.6) is 0 Å². The fourth-order valence-electron chi connectivity index (χ4n) is 5.36. The van der Waals surface area contributed by atoms with E-state index in [9.17, 15) is 18.3 Å². The third-order valence-electron chi connectivity index (χ3n) is 7.48. The molecule has 2 aliphatic heterocycles. The minimum Gasteiger partial charge on any atom is -0.443 e. The average Bonchev–Trinajstić information content (AvgIpc) is 3.69. The Hall–Kier alpha value is -2.81. The lowest BCUT2D eigenvalue weighted by Crippen LogP contribution is -2.51. The van der Waals surface area contributed by atoms with Crippen molar-refractivity contribution in [1.29, 1.82) is 0 Å². The number of rotatable bonds is 12. The molecule has 0 bridgehead atoms. The first-order chi connectivity index (χ1) is 20.1. The van der Waals surface area contributed by atoms with Crippen LogP contribution in [0.15, 0.2) is 53.4 Å². The zero-order valence-electron chi connectivity index (χ0n) is 23.9. The number of fused-ring (bicyclic) bond motifs is 2. The lowest BCUT2D eigenvalue weighted by molar-refractivity contribution is -0.0907. The van der Waals surface area contributed by atoms with E-state index in [1.54, 1.807) is 19.2 Å². The Morgan fingerprint density at radius 1 is 1.19 bits per heavy atom. The molecular weight excluding hydrogens is 580 g/mol. The van der Waals surface area contributed by atoms with Crippen LogP contribution in [0.1, 0.15) is 25.8 Å². The monoisotopic (exact) mass is 618 g/mol. The predicted octanol–water partition coefficient (Wildman–Crippen LogP) is 3.44. The van der Waals surface area contributed by atoms with Gasteiger partial charge in [0.25, 0.3) is 0 Å². The standard InChI is InChI=1S/C29H38N4O7S2/c1-18(2)15-33(42(36,37)20-9-10-22-26(14-20)41-28(30-3)31-22)16-24(34)23(13-19-7-5-4-6-8-19)32-29(35)40-25-17-39-27-21(25)11-12-38-27/h4-10,14,18,21,23-25,27,34H,11-13,15-17H2,1-3H3,(H,30,31)(H,32,35)/t21-,23-,24+,25-,27+/m0/s1. The van der Waals surface area contributed by atoms with Gasteiger partial charge in [-0.15, -0.1) is 0 Å².